The Hall–Kier alpha value is -3.35. The molecule has 1 aliphatic heterocycles. The molecule has 6 nitrogen and oxygen atoms in total. The molecule has 0 unspecified atom stereocenters. The molecule has 1 fully saturated rings. The van der Waals surface area contributed by atoms with Gasteiger partial charge in [-0.2, -0.15) is 0 Å². The summed E-state index contributed by atoms with van der Waals surface area (Å²) in [6, 6.07) is 12.0. The monoisotopic (exact) mass is 423 g/mol. The molecule has 0 aliphatic carbocycles. The van der Waals surface area contributed by atoms with E-state index in [1.165, 1.54) is 12.1 Å². The smallest absolute Gasteiger partial charge is 0.255 e. The lowest BCUT2D eigenvalue weighted by atomic mass is 10.0. The molecule has 2 aromatic carbocycles. The third-order valence-corrected chi connectivity index (χ3v) is 5.63. The van der Waals surface area contributed by atoms with E-state index in [0.717, 1.165) is 23.9 Å². The minimum absolute atomic E-state index is 0.0500. The summed E-state index contributed by atoms with van der Waals surface area (Å²) >= 11 is 0. The summed E-state index contributed by atoms with van der Waals surface area (Å²) in [7, 11) is 3.24. The summed E-state index contributed by atoms with van der Waals surface area (Å²) in [6.45, 7) is 3.07. The first-order valence-corrected chi connectivity index (χ1v) is 10.3. The Morgan fingerprint density at radius 2 is 1.87 bits per heavy atom. The first-order valence-electron chi connectivity index (χ1n) is 10.3. The van der Waals surface area contributed by atoms with Crippen molar-refractivity contribution in [2.45, 2.75) is 25.8 Å². The number of benzene rings is 2. The minimum atomic E-state index is -0.336. The molecule has 1 amide bonds. The zero-order valence-electron chi connectivity index (χ0n) is 17.9. The maximum Gasteiger partial charge on any atom is 0.255 e. The molecule has 4 rings (SSSR count). The fourth-order valence-electron chi connectivity index (χ4n) is 4.03. The molecule has 1 atom stereocenters. The number of ether oxygens (including phenoxy) is 2. The third-order valence-electron chi connectivity index (χ3n) is 5.63. The number of aryl methyl sites for hydroxylation is 1. The van der Waals surface area contributed by atoms with Gasteiger partial charge in [-0.25, -0.2) is 4.39 Å². The lowest BCUT2D eigenvalue weighted by molar-refractivity contribution is 0.0713. The van der Waals surface area contributed by atoms with E-state index in [4.69, 9.17) is 9.47 Å². The topological polar surface area (TPSA) is 63.7 Å². The van der Waals surface area contributed by atoms with Crippen LogP contribution in [0, 0.1) is 12.7 Å². The molecular weight excluding hydrogens is 397 g/mol. The van der Waals surface area contributed by atoms with Crippen LogP contribution in [0.3, 0.4) is 0 Å². The first-order chi connectivity index (χ1) is 15.0. The number of aromatic nitrogens is 1. The zero-order valence-corrected chi connectivity index (χ0v) is 17.9. The lowest BCUT2D eigenvalue weighted by Crippen LogP contribution is -2.45. The highest BCUT2D eigenvalue weighted by Crippen LogP contribution is 2.28. The van der Waals surface area contributed by atoms with E-state index in [2.05, 4.69) is 10.3 Å². The predicted octanol–water partition coefficient (Wildman–Crippen LogP) is 4.42. The summed E-state index contributed by atoms with van der Waals surface area (Å²) in [4.78, 5) is 19.6. The minimum Gasteiger partial charge on any atom is -0.497 e. The van der Waals surface area contributed by atoms with Crippen LogP contribution >= 0.6 is 0 Å². The second-order valence-electron chi connectivity index (χ2n) is 7.79. The number of likely N-dealkylation sites (tertiary alicyclic amines) is 1. The van der Waals surface area contributed by atoms with Crippen LogP contribution in [0.2, 0.25) is 0 Å². The highest BCUT2D eigenvalue weighted by Gasteiger charge is 2.26. The Morgan fingerprint density at radius 1 is 1.13 bits per heavy atom. The van der Waals surface area contributed by atoms with Gasteiger partial charge < -0.3 is 19.7 Å². The number of methoxy groups -OCH3 is 2. The van der Waals surface area contributed by atoms with Crippen molar-refractivity contribution in [1.82, 2.24) is 9.88 Å². The van der Waals surface area contributed by atoms with Crippen molar-refractivity contribution < 1.29 is 18.7 Å². The fraction of sp³-hybridized carbons (Fsp3) is 0.333. The standard InChI is InChI=1S/C24H26FN3O3/c1-15-22(9-16-6-7-17(25)10-23(16)26-15)24(29)28-8-4-5-18(14-28)27-19-11-20(30-2)13-21(12-19)31-3/h6-7,9-13,18,27H,4-5,8,14H2,1-3H3/t18-/m1/s1. The van der Waals surface area contributed by atoms with Gasteiger partial charge in [0.15, 0.2) is 0 Å². The number of piperidine rings is 1. The van der Waals surface area contributed by atoms with Crippen LogP contribution in [0.15, 0.2) is 42.5 Å². The number of fused-ring (bicyclic) bond motifs is 1. The molecule has 1 aromatic heterocycles. The van der Waals surface area contributed by atoms with E-state index in [1.54, 1.807) is 27.2 Å². The van der Waals surface area contributed by atoms with Crippen molar-refractivity contribution in [2.75, 3.05) is 32.6 Å². The maximum atomic E-state index is 13.5. The molecular formula is C24H26FN3O3. The van der Waals surface area contributed by atoms with Crippen LogP contribution in [0.4, 0.5) is 10.1 Å². The predicted molar refractivity (Wildman–Crippen MR) is 119 cm³/mol. The lowest BCUT2D eigenvalue weighted by Gasteiger charge is -2.34. The quantitative estimate of drug-likeness (QED) is 0.658. The molecule has 2 heterocycles. The molecule has 1 aliphatic rings. The molecule has 7 heteroatoms. The summed E-state index contributed by atoms with van der Waals surface area (Å²) < 4.78 is 24.2. The van der Waals surface area contributed by atoms with Gasteiger partial charge in [-0.1, -0.05) is 0 Å². The number of rotatable bonds is 5. The van der Waals surface area contributed by atoms with Gasteiger partial charge in [0.2, 0.25) is 0 Å². The summed E-state index contributed by atoms with van der Waals surface area (Å²) in [5.41, 5.74) is 2.61. The number of nitrogens with one attached hydrogen (secondary N) is 1. The molecule has 0 saturated carbocycles. The molecule has 1 saturated heterocycles. The molecule has 0 radical (unpaired) electrons. The van der Waals surface area contributed by atoms with Crippen molar-refractivity contribution in [2.24, 2.45) is 0 Å². The van der Waals surface area contributed by atoms with E-state index in [9.17, 15) is 9.18 Å². The van der Waals surface area contributed by atoms with Gasteiger partial charge in [0.25, 0.3) is 5.91 Å². The normalized spacial score (nSPS) is 16.3. The number of hydrogen-bond donors (Lipinski definition) is 1. The average Bonchev–Trinajstić information content (AvgIpc) is 2.78. The van der Waals surface area contributed by atoms with Gasteiger partial charge in [0, 0.05) is 54.5 Å². The molecule has 3 aromatic rings. The Morgan fingerprint density at radius 3 is 2.58 bits per heavy atom. The average molecular weight is 423 g/mol. The van der Waals surface area contributed by atoms with Gasteiger partial charge in [-0.05, 0) is 38.0 Å². The highest BCUT2D eigenvalue weighted by atomic mass is 19.1. The number of pyridine rings is 1. The zero-order chi connectivity index (χ0) is 22.0. The van der Waals surface area contributed by atoms with E-state index in [1.807, 2.05) is 29.2 Å². The van der Waals surface area contributed by atoms with Gasteiger partial charge in [0.05, 0.1) is 31.0 Å². The van der Waals surface area contributed by atoms with Crippen molar-refractivity contribution in [3.8, 4) is 11.5 Å². The molecule has 0 bridgehead atoms. The number of nitrogens with zero attached hydrogens (tertiary/aromatic N) is 2. The molecule has 162 valence electrons. The number of anilines is 1. The van der Waals surface area contributed by atoms with Gasteiger partial charge >= 0.3 is 0 Å². The molecule has 1 N–H and O–H groups in total. The second kappa shape index (κ2) is 8.79. The largest absolute Gasteiger partial charge is 0.497 e. The first kappa shape index (κ1) is 20.9. The van der Waals surface area contributed by atoms with Crippen molar-refractivity contribution >= 4 is 22.5 Å². The second-order valence-corrected chi connectivity index (χ2v) is 7.79. The van der Waals surface area contributed by atoms with E-state index < -0.39 is 0 Å². The van der Waals surface area contributed by atoms with Crippen LogP contribution < -0.4 is 14.8 Å². The van der Waals surface area contributed by atoms with Gasteiger partial charge in [-0.15, -0.1) is 0 Å². The molecule has 31 heavy (non-hydrogen) atoms. The van der Waals surface area contributed by atoms with Crippen LogP contribution in [0.5, 0.6) is 11.5 Å². The SMILES string of the molecule is COc1cc(N[C@@H]2CCCN(C(=O)c3cc4ccc(F)cc4nc3C)C2)cc(OC)c1. The summed E-state index contributed by atoms with van der Waals surface area (Å²) in [5, 5.41) is 4.26. The number of hydrogen-bond acceptors (Lipinski definition) is 5. The van der Waals surface area contributed by atoms with Crippen molar-refractivity contribution in [3.05, 3.63) is 59.5 Å². The van der Waals surface area contributed by atoms with E-state index >= 15 is 0 Å². The summed E-state index contributed by atoms with van der Waals surface area (Å²) in [6.07, 6.45) is 1.85. The van der Waals surface area contributed by atoms with Crippen LogP contribution in [0.25, 0.3) is 10.9 Å². The Labute approximate surface area is 181 Å². The summed E-state index contributed by atoms with van der Waals surface area (Å²) in [5.74, 6) is 1.03. The van der Waals surface area contributed by atoms with Crippen LogP contribution in [0.1, 0.15) is 28.9 Å². The number of carbonyl (C=O) groups is 1. The number of halogens is 1. The van der Waals surface area contributed by atoms with E-state index in [-0.39, 0.29) is 17.8 Å². The third kappa shape index (κ3) is 4.55. The Bertz CT molecular complexity index is 1100. The maximum absolute atomic E-state index is 13.5. The number of carbonyl (C=O) groups excluding carboxylic acids is 1. The van der Waals surface area contributed by atoms with E-state index in [0.29, 0.717) is 41.4 Å². The highest BCUT2D eigenvalue weighted by molar-refractivity contribution is 5.98. The molecule has 0 spiro atoms. The van der Waals surface area contributed by atoms with Gasteiger partial charge in [-0.3, -0.25) is 9.78 Å². The fourth-order valence-corrected chi connectivity index (χ4v) is 4.03. The number of amides is 1. The van der Waals surface area contributed by atoms with Crippen LogP contribution in [-0.2, 0) is 0 Å². The van der Waals surface area contributed by atoms with Crippen molar-refractivity contribution in [3.63, 3.8) is 0 Å². The van der Waals surface area contributed by atoms with Gasteiger partial charge in [0.1, 0.15) is 17.3 Å². The van der Waals surface area contributed by atoms with Crippen LogP contribution in [-0.4, -0.2) is 49.1 Å². The Kier molecular flexibility index (Phi) is 5.93. The Balaban J connectivity index is 1.52. The van der Waals surface area contributed by atoms with Crippen molar-refractivity contribution in [1.29, 1.82) is 0 Å².